The lowest BCUT2D eigenvalue weighted by molar-refractivity contribution is -0.165. The molecule has 2 saturated heterocycles. The Kier molecular flexibility index (Phi) is 8.07. The summed E-state index contributed by atoms with van der Waals surface area (Å²) in [5.41, 5.74) is 2.12. The largest absolute Gasteiger partial charge is 0.390 e. The molecule has 9 heteroatoms. The minimum absolute atomic E-state index is 0.131. The highest BCUT2D eigenvalue weighted by atomic mass is 35.5. The van der Waals surface area contributed by atoms with Gasteiger partial charge in [0.25, 0.3) is 0 Å². The van der Waals surface area contributed by atoms with Crippen LogP contribution in [0.1, 0.15) is 57.6 Å². The van der Waals surface area contributed by atoms with E-state index in [1.807, 2.05) is 45.0 Å². The van der Waals surface area contributed by atoms with Crippen LogP contribution in [-0.2, 0) is 16.1 Å². The lowest BCUT2D eigenvalue weighted by Crippen LogP contribution is -2.74. The Morgan fingerprint density at radius 3 is 2.61 bits per heavy atom. The van der Waals surface area contributed by atoms with Crippen LogP contribution in [0.4, 0.5) is 0 Å². The number of hydrogen-bond acceptors (Lipinski definition) is 5. The number of aromatic nitrogens is 2. The zero-order valence-corrected chi connectivity index (χ0v) is 22.5. The Bertz CT molecular complexity index is 1090. The van der Waals surface area contributed by atoms with E-state index in [4.69, 9.17) is 11.6 Å². The molecule has 2 N–H and O–H groups in total. The molecule has 2 aliphatic heterocycles. The number of nitrogens with zero attached hydrogens (tertiary/aromatic N) is 4. The van der Waals surface area contributed by atoms with Crippen molar-refractivity contribution >= 4 is 23.4 Å². The molecule has 196 valence electrons. The third-order valence-electron chi connectivity index (χ3n) is 7.62. The number of aliphatic hydroxyl groups is 1. The van der Waals surface area contributed by atoms with Gasteiger partial charge in [-0.15, -0.1) is 0 Å². The fourth-order valence-corrected chi connectivity index (χ4v) is 5.58. The first-order valence-electron chi connectivity index (χ1n) is 13.0. The van der Waals surface area contributed by atoms with Crippen LogP contribution in [0.5, 0.6) is 0 Å². The van der Waals surface area contributed by atoms with E-state index in [9.17, 15) is 14.7 Å². The molecule has 1 spiro atoms. The smallest absolute Gasteiger partial charge is 0.248 e. The molecule has 0 radical (unpaired) electrons. The van der Waals surface area contributed by atoms with E-state index in [-0.39, 0.29) is 17.7 Å². The average molecular weight is 516 g/mol. The fraction of sp³-hybridized carbons (Fsp3) is 0.593. The van der Waals surface area contributed by atoms with Crippen LogP contribution in [0.2, 0.25) is 5.15 Å². The molecule has 0 saturated carbocycles. The molecule has 36 heavy (non-hydrogen) atoms. The molecule has 2 aromatic rings. The molecule has 2 fully saturated rings. The number of aryl methyl sites for hydroxylation is 1. The topological polar surface area (TPSA) is 90.7 Å². The van der Waals surface area contributed by atoms with Crippen molar-refractivity contribution < 1.29 is 14.7 Å². The normalized spacial score (nSPS) is 21.3. The van der Waals surface area contributed by atoms with Gasteiger partial charge in [-0.3, -0.25) is 14.5 Å². The highest BCUT2D eigenvalue weighted by molar-refractivity contribution is 6.30. The summed E-state index contributed by atoms with van der Waals surface area (Å²) >= 11 is 6.70. The zero-order valence-electron chi connectivity index (χ0n) is 21.7. The van der Waals surface area contributed by atoms with Crippen LogP contribution in [0.15, 0.2) is 30.5 Å². The van der Waals surface area contributed by atoms with Crippen molar-refractivity contribution in [3.05, 3.63) is 46.7 Å². The third-order valence-corrected chi connectivity index (χ3v) is 8.02. The minimum atomic E-state index is -0.907. The average Bonchev–Trinajstić information content (AvgIpc) is 3.22. The summed E-state index contributed by atoms with van der Waals surface area (Å²) in [5, 5.41) is 18.6. The van der Waals surface area contributed by atoms with E-state index in [1.165, 1.54) is 0 Å². The summed E-state index contributed by atoms with van der Waals surface area (Å²) in [4.78, 5) is 31.0. The summed E-state index contributed by atoms with van der Waals surface area (Å²) < 4.78 is 1.75. The lowest BCUT2D eigenvalue weighted by atomic mass is 9.80. The molecule has 1 aromatic heterocycles. The highest BCUT2D eigenvalue weighted by Crippen LogP contribution is 2.35. The van der Waals surface area contributed by atoms with Crippen molar-refractivity contribution in [3.63, 3.8) is 0 Å². The molecule has 4 rings (SSSR count). The molecule has 0 aliphatic carbocycles. The number of aliphatic hydroxyl groups excluding tert-OH is 1. The van der Waals surface area contributed by atoms with Gasteiger partial charge < -0.3 is 15.3 Å². The van der Waals surface area contributed by atoms with E-state index < -0.39 is 17.7 Å². The van der Waals surface area contributed by atoms with Gasteiger partial charge in [0.05, 0.1) is 18.0 Å². The third kappa shape index (κ3) is 5.04. The molecular formula is C27H38ClN5O3. The summed E-state index contributed by atoms with van der Waals surface area (Å²) in [6.07, 6.45) is 3.73. The second kappa shape index (κ2) is 10.9. The fourth-order valence-electron chi connectivity index (χ4n) is 5.33. The quantitative estimate of drug-likeness (QED) is 0.563. The molecule has 3 heterocycles. The molecule has 1 aromatic carbocycles. The maximum atomic E-state index is 13.5. The van der Waals surface area contributed by atoms with E-state index in [0.717, 1.165) is 29.7 Å². The Labute approximate surface area is 218 Å². The molecule has 2 aliphatic rings. The first-order valence-corrected chi connectivity index (χ1v) is 13.4. The van der Waals surface area contributed by atoms with Gasteiger partial charge in [-0.2, -0.15) is 5.10 Å². The molecular weight excluding hydrogens is 478 g/mol. The summed E-state index contributed by atoms with van der Waals surface area (Å²) in [6.45, 7) is 10.3. The van der Waals surface area contributed by atoms with Gasteiger partial charge in [0.1, 0.15) is 16.7 Å². The number of unbranched alkanes of at least 4 members (excludes halogenated alkanes) is 1. The number of hydrogen-bond donors (Lipinski definition) is 2. The Hall–Kier alpha value is -2.42. The van der Waals surface area contributed by atoms with Crippen molar-refractivity contribution in [3.8, 4) is 5.69 Å². The number of piperidine rings is 1. The number of likely N-dealkylation sites (tertiary alicyclic amines) is 1. The van der Waals surface area contributed by atoms with Crippen LogP contribution < -0.4 is 5.32 Å². The number of carbonyl (C=O) groups excluding carboxylic acids is 2. The monoisotopic (exact) mass is 515 g/mol. The van der Waals surface area contributed by atoms with Gasteiger partial charge in [0.15, 0.2) is 0 Å². The first-order chi connectivity index (χ1) is 17.2. The van der Waals surface area contributed by atoms with Gasteiger partial charge in [-0.25, -0.2) is 4.68 Å². The molecule has 2 amide bonds. The second-order valence-corrected chi connectivity index (χ2v) is 10.9. The van der Waals surface area contributed by atoms with Gasteiger partial charge in [0, 0.05) is 31.7 Å². The molecule has 2 atom stereocenters. The van der Waals surface area contributed by atoms with E-state index in [0.29, 0.717) is 44.2 Å². The Morgan fingerprint density at radius 2 is 1.97 bits per heavy atom. The molecule has 0 bridgehead atoms. The standard InChI is InChI=1S/C27H38ClN5O3/c1-5-6-12-32-25(35)22(23(34)18(2)3)30-26(36)27(32)10-13-31(14-11-27)17-20-16-29-33(24(20)28)21-9-7-8-19(4)15-21/h7-9,15-16,18,22-23,34H,5-6,10-14,17H2,1-4H3,(H,30,36)/t22-,23-/m1/s1. The maximum Gasteiger partial charge on any atom is 0.248 e. The first kappa shape index (κ1) is 26.6. The van der Waals surface area contributed by atoms with Crippen molar-refractivity contribution in [1.29, 1.82) is 0 Å². The van der Waals surface area contributed by atoms with E-state index in [2.05, 4.69) is 22.2 Å². The Morgan fingerprint density at radius 1 is 1.25 bits per heavy atom. The van der Waals surface area contributed by atoms with E-state index >= 15 is 0 Å². The second-order valence-electron chi connectivity index (χ2n) is 10.5. The SMILES string of the molecule is CCCCN1C(=O)[C@@H]([C@H](O)C(C)C)NC(=O)C12CCN(Cc1cnn(-c3cccc(C)c3)c1Cl)CC2. The van der Waals surface area contributed by atoms with Gasteiger partial charge in [0.2, 0.25) is 11.8 Å². The van der Waals surface area contributed by atoms with Crippen molar-refractivity contribution in [2.45, 2.75) is 77.6 Å². The van der Waals surface area contributed by atoms with Crippen molar-refractivity contribution in [1.82, 2.24) is 24.9 Å². The highest BCUT2D eigenvalue weighted by Gasteiger charge is 2.54. The predicted octanol–water partition coefficient (Wildman–Crippen LogP) is 3.31. The van der Waals surface area contributed by atoms with Crippen molar-refractivity contribution in [2.75, 3.05) is 19.6 Å². The van der Waals surface area contributed by atoms with Crippen LogP contribution in [0.25, 0.3) is 5.69 Å². The van der Waals surface area contributed by atoms with Crippen LogP contribution in [-0.4, -0.2) is 73.8 Å². The number of nitrogens with one attached hydrogen (secondary N) is 1. The zero-order chi connectivity index (χ0) is 26.0. The number of rotatable bonds is 8. The van der Waals surface area contributed by atoms with Crippen LogP contribution >= 0.6 is 11.6 Å². The van der Waals surface area contributed by atoms with E-state index in [1.54, 1.807) is 15.8 Å². The molecule has 0 unspecified atom stereocenters. The number of piperazine rings is 1. The number of amides is 2. The van der Waals surface area contributed by atoms with Gasteiger partial charge >= 0.3 is 0 Å². The Balaban J connectivity index is 1.48. The van der Waals surface area contributed by atoms with Crippen LogP contribution in [0.3, 0.4) is 0 Å². The maximum absolute atomic E-state index is 13.5. The predicted molar refractivity (Wildman–Crippen MR) is 140 cm³/mol. The molecule has 8 nitrogen and oxygen atoms in total. The summed E-state index contributed by atoms with van der Waals surface area (Å²) in [6, 6.07) is 7.16. The van der Waals surface area contributed by atoms with Gasteiger partial charge in [-0.1, -0.05) is 50.9 Å². The van der Waals surface area contributed by atoms with Crippen molar-refractivity contribution in [2.24, 2.45) is 5.92 Å². The summed E-state index contributed by atoms with van der Waals surface area (Å²) in [7, 11) is 0. The number of carbonyl (C=O) groups is 2. The minimum Gasteiger partial charge on any atom is -0.390 e. The van der Waals surface area contributed by atoms with Gasteiger partial charge in [-0.05, 0) is 49.8 Å². The van der Waals surface area contributed by atoms with Crippen LogP contribution in [0, 0.1) is 12.8 Å². The number of halogens is 1. The lowest BCUT2D eigenvalue weighted by Gasteiger charge is -2.52. The summed E-state index contributed by atoms with van der Waals surface area (Å²) in [5.74, 6) is -0.443. The number of benzene rings is 1.